The number of nitrogens with zero attached hydrogens (tertiary/aromatic N) is 3. The zero-order chi connectivity index (χ0) is 11.0. The SMILES string of the molecule is NC(CNc1nccn2nccc12)C1CC1. The molecule has 0 radical (unpaired) electrons. The minimum atomic E-state index is 0.241. The third kappa shape index (κ3) is 1.74. The molecule has 1 atom stereocenters. The van der Waals surface area contributed by atoms with Crippen LogP contribution in [0.4, 0.5) is 5.82 Å². The van der Waals surface area contributed by atoms with E-state index in [1.54, 1.807) is 16.9 Å². The Balaban J connectivity index is 1.75. The summed E-state index contributed by atoms with van der Waals surface area (Å²) in [6, 6.07) is 2.18. The Morgan fingerprint density at radius 2 is 2.38 bits per heavy atom. The van der Waals surface area contributed by atoms with Gasteiger partial charge in [0.2, 0.25) is 0 Å². The minimum absolute atomic E-state index is 0.241. The first kappa shape index (κ1) is 9.59. The number of hydrogen-bond acceptors (Lipinski definition) is 4. The average molecular weight is 217 g/mol. The zero-order valence-corrected chi connectivity index (χ0v) is 9.00. The number of hydrogen-bond donors (Lipinski definition) is 2. The molecule has 1 aliphatic carbocycles. The molecule has 1 saturated carbocycles. The van der Waals surface area contributed by atoms with Crippen molar-refractivity contribution >= 4 is 11.3 Å². The first-order valence-electron chi connectivity index (χ1n) is 5.62. The van der Waals surface area contributed by atoms with Gasteiger partial charge in [-0.05, 0) is 24.8 Å². The summed E-state index contributed by atoms with van der Waals surface area (Å²) in [4.78, 5) is 4.30. The summed E-state index contributed by atoms with van der Waals surface area (Å²) in [5.74, 6) is 1.56. The van der Waals surface area contributed by atoms with Gasteiger partial charge in [0.05, 0.1) is 6.20 Å². The van der Waals surface area contributed by atoms with Crippen LogP contribution < -0.4 is 11.1 Å². The van der Waals surface area contributed by atoms with E-state index < -0.39 is 0 Å². The van der Waals surface area contributed by atoms with Gasteiger partial charge in [-0.1, -0.05) is 0 Å². The fraction of sp³-hybridized carbons (Fsp3) is 0.455. The normalized spacial score (nSPS) is 17.6. The van der Waals surface area contributed by atoms with E-state index in [0.29, 0.717) is 5.92 Å². The summed E-state index contributed by atoms with van der Waals surface area (Å²) in [5.41, 5.74) is 7.02. The van der Waals surface area contributed by atoms with Gasteiger partial charge in [-0.15, -0.1) is 0 Å². The molecule has 0 amide bonds. The molecule has 1 unspecified atom stereocenters. The molecular weight excluding hydrogens is 202 g/mol. The Hall–Kier alpha value is -1.62. The number of rotatable bonds is 4. The lowest BCUT2D eigenvalue weighted by molar-refractivity contribution is 0.620. The maximum Gasteiger partial charge on any atom is 0.152 e. The van der Waals surface area contributed by atoms with E-state index in [0.717, 1.165) is 17.9 Å². The summed E-state index contributed by atoms with van der Waals surface area (Å²) in [6.07, 6.45) is 7.88. The van der Waals surface area contributed by atoms with Crippen LogP contribution in [0.2, 0.25) is 0 Å². The second kappa shape index (κ2) is 3.75. The maximum absolute atomic E-state index is 6.03. The molecule has 0 spiro atoms. The van der Waals surface area contributed by atoms with Crippen LogP contribution in [0.1, 0.15) is 12.8 Å². The summed E-state index contributed by atoms with van der Waals surface area (Å²) >= 11 is 0. The summed E-state index contributed by atoms with van der Waals surface area (Å²) in [6.45, 7) is 0.780. The van der Waals surface area contributed by atoms with E-state index in [-0.39, 0.29) is 6.04 Å². The zero-order valence-electron chi connectivity index (χ0n) is 9.00. The third-order valence-corrected chi connectivity index (χ3v) is 3.06. The minimum Gasteiger partial charge on any atom is -0.367 e. The topological polar surface area (TPSA) is 68.2 Å². The lowest BCUT2D eigenvalue weighted by atomic mass is 10.2. The fourth-order valence-electron chi connectivity index (χ4n) is 1.90. The number of fused-ring (bicyclic) bond motifs is 1. The molecule has 84 valence electrons. The van der Waals surface area contributed by atoms with E-state index in [9.17, 15) is 0 Å². The molecule has 2 heterocycles. The number of nitrogens with two attached hydrogens (primary N) is 1. The fourth-order valence-corrected chi connectivity index (χ4v) is 1.90. The number of aromatic nitrogens is 3. The smallest absolute Gasteiger partial charge is 0.152 e. The predicted octanol–water partition coefficient (Wildman–Crippen LogP) is 0.878. The monoisotopic (exact) mass is 217 g/mol. The van der Waals surface area contributed by atoms with Gasteiger partial charge in [-0.25, -0.2) is 9.50 Å². The van der Waals surface area contributed by atoms with Gasteiger partial charge < -0.3 is 11.1 Å². The Morgan fingerprint density at radius 3 is 3.19 bits per heavy atom. The van der Waals surface area contributed by atoms with Gasteiger partial charge >= 0.3 is 0 Å². The van der Waals surface area contributed by atoms with Gasteiger partial charge in [0.15, 0.2) is 5.82 Å². The first-order valence-corrected chi connectivity index (χ1v) is 5.62. The van der Waals surface area contributed by atoms with Crippen LogP contribution >= 0.6 is 0 Å². The molecule has 0 saturated heterocycles. The van der Waals surface area contributed by atoms with E-state index in [4.69, 9.17) is 5.73 Å². The first-order chi connectivity index (χ1) is 7.84. The standard InChI is InChI=1S/C11H15N5/c12-9(8-1-2-8)7-14-11-10-3-4-15-16(10)6-5-13-11/h3-6,8-9H,1-2,7,12H2,(H,13,14). The maximum atomic E-state index is 6.03. The van der Waals surface area contributed by atoms with Gasteiger partial charge in [0.1, 0.15) is 5.52 Å². The second-order valence-electron chi connectivity index (χ2n) is 4.32. The summed E-state index contributed by atoms with van der Waals surface area (Å²) in [5, 5.41) is 7.46. The van der Waals surface area contributed by atoms with E-state index >= 15 is 0 Å². The van der Waals surface area contributed by atoms with Crippen molar-refractivity contribution in [3.05, 3.63) is 24.7 Å². The van der Waals surface area contributed by atoms with Gasteiger partial charge in [0, 0.05) is 25.0 Å². The molecule has 5 heteroatoms. The van der Waals surface area contributed by atoms with Crippen molar-refractivity contribution in [2.24, 2.45) is 11.7 Å². The van der Waals surface area contributed by atoms with Crippen molar-refractivity contribution in [3.8, 4) is 0 Å². The third-order valence-electron chi connectivity index (χ3n) is 3.06. The molecule has 16 heavy (non-hydrogen) atoms. The highest BCUT2D eigenvalue weighted by molar-refractivity contribution is 5.66. The van der Waals surface area contributed by atoms with Crippen molar-refractivity contribution in [3.63, 3.8) is 0 Å². The Morgan fingerprint density at radius 1 is 1.50 bits per heavy atom. The van der Waals surface area contributed by atoms with Crippen LogP contribution in [0.15, 0.2) is 24.7 Å². The van der Waals surface area contributed by atoms with Crippen molar-refractivity contribution in [2.75, 3.05) is 11.9 Å². The molecule has 5 nitrogen and oxygen atoms in total. The van der Waals surface area contributed by atoms with Crippen molar-refractivity contribution in [1.82, 2.24) is 14.6 Å². The van der Waals surface area contributed by atoms with Crippen molar-refractivity contribution in [2.45, 2.75) is 18.9 Å². The van der Waals surface area contributed by atoms with Gasteiger partial charge in [0.25, 0.3) is 0 Å². The van der Waals surface area contributed by atoms with Crippen LogP contribution in [-0.4, -0.2) is 27.2 Å². The highest BCUT2D eigenvalue weighted by Crippen LogP contribution is 2.31. The van der Waals surface area contributed by atoms with Crippen molar-refractivity contribution in [1.29, 1.82) is 0 Å². The Bertz CT molecular complexity index is 488. The van der Waals surface area contributed by atoms with Crippen LogP contribution in [0.5, 0.6) is 0 Å². The molecule has 2 aromatic rings. The Kier molecular flexibility index (Phi) is 2.25. The second-order valence-corrected chi connectivity index (χ2v) is 4.32. The van der Waals surface area contributed by atoms with E-state index in [1.165, 1.54) is 12.8 Å². The van der Waals surface area contributed by atoms with Crippen LogP contribution in [-0.2, 0) is 0 Å². The van der Waals surface area contributed by atoms with Crippen LogP contribution in [0.25, 0.3) is 5.52 Å². The molecule has 1 aliphatic rings. The molecule has 0 aromatic carbocycles. The van der Waals surface area contributed by atoms with Crippen molar-refractivity contribution < 1.29 is 0 Å². The van der Waals surface area contributed by atoms with E-state index in [2.05, 4.69) is 15.4 Å². The average Bonchev–Trinajstić information content (AvgIpc) is 3.04. The molecule has 0 bridgehead atoms. The van der Waals surface area contributed by atoms with E-state index in [1.807, 2.05) is 12.3 Å². The number of anilines is 1. The largest absolute Gasteiger partial charge is 0.367 e. The van der Waals surface area contributed by atoms with Gasteiger partial charge in [-0.2, -0.15) is 5.10 Å². The Labute approximate surface area is 93.7 Å². The lowest BCUT2D eigenvalue weighted by Gasteiger charge is -2.12. The summed E-state index contributed by atoms with van der Waals surface area (Å²) < 4.78 is 1.80. The number of nitrogens with one attached hydrogen (secondary N) is 1. The lowest BCUT2D eigenvalue weighted by Crippen LogP contribution is -2.31. The highest BCUT2D eigenvalue weighted by atomic mass is 15.2. The molecule has 3 rings (SSSR count). The molecule has 3 N–H and O–H groups in total. The highest BCUT2D eigenvalue weighted by Gasteiger charge is 2.28. The quantitative estimate of drug-likeness (QED) is 0.797. The van der Waals surface area contributed by atoms with Crippen LogP contribution in [0, 0.1) is 5.92 Å². The molecular formula is C11H15N5. The molecule has 1 fully saturated rings. The van der Waals surface area contributed by atoms with Gasteiger partial charge in [-0.3, -0.25) is 0 Å². The predicted molar refractivity (Wildman–Crippen MR) is 62.2 cm³/mol. The molecule has 0 aliphatic heterocycles. The molecule has 2 aromatic heterocycles. The summed E-state index contributed by atoms with van der Waals surface area (Å²) in [7, 11) is 0. The van der Waals surface area contributed by atoms with Crippen LogP contribution in [0.3, 0.4) is 0 Å².